The lowest BCUT2D eigenvalue weighted by molar-refractivity contribution is 1.59. The van der Waals surface area contributed by atoms with Gasteiger partial charge in [0.05, 0.1) is 6.21 Å². The molecule has 0 aromatic rings. The molecule has 0 aliphatic heterocycles. The van der Waals surface area contributed by atoms with Gasteiger partial charge in [0.25, 0.3) is 0 Å². The van der Waals surface area contributed by atoms with Crippen molar-refractivity contribution in [2.45, 2.75) is 6.92 Å². The van der Waals surface area contributed by atoms with Gasteiger partial charge in [-0.15, -0.1) is 0 Å². The van der Waals surface area contributed by atoms with Gasteiger partial charge in [0.1, 0.15) is 0 Å². The van der Waals surface area contributed by atoms with E-state index in [1.165, 1.54) is 6.20 Å². The smallest absolute Gasteiger partial charge is 0.0584 e. The summed E-state index contributed by atoms with van der Waals surface area (Å²) in [5, 5.41) is 0. The van der Waals surface area contributed by atoms with Crippen molar-refractivity contribution in [3.8, 4) is 0 Å². The minimum absolute atomic E-state index is 1.19. The Balaban J connectivity index is 2.92. The molecule has 0 spiro atoms. The third-order valence-corrected chi connectivity index (χ3v) is 0.204. The van der Waals surface area contributed by atoms with Crippen molar-refractivity contribution in [3.05, 3.63) is 12.8 Å². The highest BCUT2D eigenvalue weighted by molar-refractivity contribution is 5.53. The minimum Gasteiger partial charge on any atom is -0.260 e. The Morgan fingerprint density at radius 1 is 2.00 bits per heavy atom. The van der Waals surface area contributed by atoms with E-state index in [1.54, 1.807) is 6.92 Å². The molecule has 0 aliphatic rings. The van der Waals surface area contributed by atoms with Crippen LogP contribution in [0.25, 0.3) is 0 Å². The Morgan fingerprint density at radius 2 is 2.60 bits per heavy atom. The van der Waals surface area contributed by atoms with Crippen LogP contribution in [0.2, 0.25) is 0 Å². The van der Waals surface area contributed by atoms with Gasteiger partial charge >= 0.3 is 0 Å². The van der Waals surface area contributed by atoms with Gasteiger partial charge in [0.15, 0.2) is 0 Å². The van der Waals surface area contributed by atoms with E-state index in [2.05, 4.69) is 11.2 Å². The lowest BCUT2D eigenvalue weighted by atomic mass is 10.9. The van der Waals surface area contributed by atoms with Gasteiger partial charge in [-0.1, -0.05) is 0 Å². The summed E-state index contributed by atoms with van der Waals surface area (Å²) in [7, 11) is 0. The number of aliphatic imine (C=N–C) groups is 1. The maximum Gasteiger partial charge on any atom is 0.0584 e. The lowest BCUT2D eigenvalue weighted by Gasteiger charge is -1.56. The summed E-state index contributed by atoms with van der Waals surface area (Å²) >= 11 is 0. The van der Waals surface area contributed by atoms with Crippen molar-refractivity contribution < 1.29 is 0 Å². The molecular weight excluding hydrogens is 62.1 g/mol. The Labute approximate surface area is 32.0 Å². The second-order valence-electron chi connectivity index (χ2n) is 0.502. The molecule has 0 amide bonds. The van der Waals surface area contributed by atoms with Crippen molar-refractivity contribution >= 4 is 6.21 Å². The predicted molar refractivity (Wildman–Crippen MR) is 22.0 cm³/mol. The maximum atomic E-state index is 4.78. The molecule has 0 aromatic heterocycles. The van der Waals surface area contributed by atoms with E-state index in [0.29, 0.717) is 0 Å². The van der Waals surface area contributed by atoms with Crippen LogP contribution in [-0.2, 0) is 0 Å². The van der Waals surface area contributed by atoms with Crippen molar-refractivity contribution in [1.82, 2.24) is 0 Å². The van der Waals surface area contributed by atoms with E-state index >= 15 is 0 Å². The summed E-state index contributed by atoms with van der Waals surface area (Å²) in [6.45, 7) is 6.47. The first-order valence-corrected chi connectivity index (χ1v) is 1.32. The van der Waals surface area contributed by atoms with Gasteiger partial charge < -0.3 is 0 Å². The van der Waals surface area contributed by atoms with Gasteiger partial charge in [-0.2, -0.15) is 0 Å². The highest BCUT2D eigenvalue weighted by atomic mass is 14.6. The van der Waals surface area contributed by atoms with Crippen molar-refractivity contribution in [2.75, 3.05) is 0 Å². The second kappa shape index (κ2) is 3.41. The first-order chi connectivity index (χ1) is 2.41. The Bertz CT molecular complexity index is 45.6. The minimum atomic E-state index is 1.19. The van der Waals surface area contributed by atoms with Gasteiger partial charge in [-0.05, 0) is 13.5 Å². The van der Waals surface area contributed by atoms with E-state index in [4.69, 9.17) is 6.58 Å². The molecule has 0 bridgehead atoms. The molecule has 0 atom stereocenters. The van der Waals surface area contributed by atoms with Crippen LogP contribution in [0.1, 0.15) is 6.92 Å². The maximum absolute atomic E-state index is 4.78. The topological polar surface area (TPSA) is 12.4 Å². The molecule has 0 unspecified atom stereocenters. The highest BCUT2D eigenvalue weighted by Crippen LogP contribution is 1.56. The molecule has 0 aliphatic carbocycles. The molecule has 2 radical (unpaired) electrons. The molecule has 1 heteroatoms. The molecule has 1 nitrogen and oxygen atoms in total. The summed E-state index contributed by atoms with van der Waals surface area (Å²) in [5.74, 6) is 0. The van der Waals surface area contributed by atoms with Crippen LogP contribution in [0.15, 0.2) is 11.2 Å². The van der Waals surface area contributed by atoms with Crippen LogP contribution in [0.3, 0.4) is 0 Å². The van der Waals surface area contributed by atoms with Crippen molar-refractivity contribution in [1.29, 1.82) is 0 Å². The van der Waals surface area contributed by atoms with Crippen LogP contribution in [-0.4, -0.2) is 6.21 Å². The number of rotatable bonds is 1. The number of hydrogen-bond acceptors (Lipinski definition) is 1. The predicted octanol–water partition coefficient (Wildman–Crippen LogP) is 0.901. The van der Waals surface area contributed by atoms with E-state index < -0.39 is 0 Å². The summed E-state index contributed by atoms with van der Waals surface area (Å²) < 4.78 is 0. The Kier molecular flexibility index (Phi) is 3.01. The monoisotopic (exact) mass is 67.0 g/mol. The SMILES string of the molecule is [CH]=C/N=[C]\C. The molecule has 0 saturated heterocycles. The van der Waals surface area contributed by atoms with Gasteiger partial charge in [0.2, 0.25) is 0 Å². The number of hydrogen-bond donors (Lipinski definition) is 0. The zero-order valence-electron chi connectivity index (χ0n) is 3.10. The molecule has 26 valence electrons. The van der Waals surface area contributed by atoms with Crippen molar-refractivity contribution in [3.63, 3.8) is 0 Å². The lowest BCUT2D eigenvalue weighted by Crippen LogP contribution is -1.47. The van der Waals surface area contributed by atoms with Crippen LogP contribution in [0, 0.1) is 6.58 Å². The fraction of sp³-hybridized carbons (Fsp3) is 0.250. The van der Waals surface area contributed by atoms with Crippen LogP contribution in [0.4, 0.5) is 0 Å². The molecule has 0 heterocycles. The van der Waals surface area contributed by atoms with Gasteiger partial charge in [0, 0.05) is 6.20 Å². The molecular formula is C4H5N. The molecule has 0 aromatic carbocycles. The summed E-state index contributed by atoms with van der Waals surface area (Å²) in [6, 6.07) is 0. The van der Waals surface area contributed by atoms with E-state index in [1.807, 2.05) is 0 Å². The fourth-order valence-corrected chi connectivity index (χ4v) is 0.0745. The Hall–Kier alpha value is -0.590. The summed E-state index contributed by atoms with van der Waals surface area (Å²) in [6.07, 6.45) is 3.66. The van der Waals surface area contributed by atoms with Crippen LogP contribution in [0.5, 0.6) is 0 Å². The number of nitrogens with zero attached hydrogens (tertiary/aromatic N) is 1. The average Bonchev–Trinajstić information content (AvgIpc) is 1.41. The first kappa shape index (κ1) is 4.41. The third-order valence-electron chi connectivity index (χ3n) is 0.204. The largest absolute Gasteiger partial charge is 0.260 e. The second-order valence-corrected chi connectivity index (χ2v) is 0.502. The quantitative estimate of drug-likeness (QED) is 0.404. The summed E-state index contributed by atoms with van der Waals surface area (Å²) in [4.78, 5) is 3.38. The molecule has 5 heavy (non-hydrogen) atoms. The molecule has 0 N–H and O–H groups in total. The molecule has 0 saturated carbocycles. The standard InChI is InChI=1S/C4H5N/c1-3-5-4-2/h1,3H,2H3. The first-order valence-electron chi connectivity index (χ1n) is 1.32. The zero-order chi connectivity index (χ0) is 4.12. The van der Waals surface area contributed by atoms with E-state index in [-0.39, 0.29) is 0 Å². The average molecular weight is 67.1 g/mol. The normalized spacial score (nSPS) is 9.00. The third kappa shape index (κ3) is 3.41. The van der Waals surface area contributed by atoms with E-state index in [9.17, 15) is 0 Å². The fourth-order valence-electron chi connectivity index (χ4n) is 0.0745. The van der Waals surface area contributed by atoms with Crippen LogP contribution >= 0.6 is 0 Å². The van der Waals surface area contributed by atoms with Crippen molar-refractivity contribution in [2.24, 2.45) is 4.99 Å². The van der Waals surface area contributed by atoms with Gasteiger partial charge in [-0.3, -0.25) is 4.99 Å². The van der Waals surface area contributed by atoms with Gasteiger partial charge in [-0.25, -0.2) is 0 Å². The van der Waals surface area contributed by atoms with Crippen LogP contribution < -0.4 is 0 Å². The molecule has 0 rings (SSSR count). The molecule has 0 fully saturated rings. The zero-order valence-corrected chi connectivity index (χ0v) is 3.10. The Morgan fingerprint density at radius 3 is 2.60 bits per heavy atom. The highest BCUT2D eigenvalue weighted by Gasteiger charge is 1.43. The van der Waals surface area contributed by atoms with E-state index in [0.717, 1.165) is 0 Å². The summed E-state index contributed by atoms with van der Waals surface area (Å²) in [5.41, 5.74) is 0.